The number of carbonyl (C=O) groups is 1. The zero-order valence-electron chi connectivity index (χ0n) is 17.7. The molecule has 5 nitrogen and oxygen atoms in total. The molecular formula is C26H24N2O3. The minimum absolute atomic E-state index is 0.0701. The van der Waals surface area contributed by atoms with E-state index >= 15 is 0 Å². The van der Waals surface area contributed by atoms with Crippen LogP contribution in [-0.2, 0) is 19.5 Å². The van der Waals surface area contributed by atoms with Crippen molar-refractivity contribution >= 4 is 11.9 Å². The number of benzene rings is 2. The number of ketones is 1. The zero-order chi connectivity index (χ0) is 21.4. The number of ether oxygens (including phenoxy) is 2. The SMILES string of the molecule is CCc1ccc(/C=C2\Oc3c4c(cc(C)c3C2=O)OCN(Cc2cccnc2)C4)cc1. The number of Topliss-reactive ketones (excluding diaryl/α,β-unsaturated/α-hetero) is 1. The van der Waals surface area contributed by atoms with Gasteiger partial charge in [0, 0.05) is 25.5 Å². The highest BCUT2D eigenvalue weighted by Crippen LogP contribution is 2.44. The Hall–Kier alpha value is -3.44. The minimum atomic E-state index is -0.0701. The van der Waals surface area contributed by atoms with Gasteiger partial charge in [-0.2, -0.15) is 0 Å². The van der Waals surface area contributed by atoms with Crippen LogP contribution in [0, 0.1) is 6.92 Å². The second kappa shape index (κ2) is 8.00. The van der Waals surface area contributed by atoms with Crippen molar-refractivity contribution in [2.75, 3.05) is 6.73 Å². The summed E-state index contributed by atoms with van der Waals surface area (Å²) in [6.45, 7) is 5.92. The van der Waals surface area contributed by atoms with Crippen molar-refractivity contribution in [1.82, 2.24) is 9.88 Å². The van der Waals surface area contributed by atoms with Gasteiger partial charge in [-0.15, -0.1) is 0 Å². The fourth-order valence-electron chi connectivity index (χ4n) is 4.13. The maximum atomic E-state index is 13.1. The maximum Gasteiger partial charge on any atom is 0.232 e. The Bertz CT molecular complexity index is 1170. The lowest BCUT2D eigenvalue weighted by Crippen LogP contribution is -2.31. The normalized spacial score (nSPS) is 16.6. The van der Waals surface area contributed by atoms with Crippen molar-refractivity contribution in [1.29, 1.82) is 0 Å². The average Bonchev–Trinajstić information content (AvgIpc) is 3.12. The van der Waals surface area contributed by atoms with Gasteiger partial charge in [0.15, 0.2) is 5.76 Å². The van der Waals surface area contributed by atoms with Gasteiger partial charge in [0.25, 0.3) is 0 Å². The van der Waals surface area contributed by atoms with E-state index in [0.29, 0.717) is 30.3 Å². The second-order valence-electron chi connectivity index (χ2n) is 8.03. The molecule has 0 radical (unpaired) electrons. The van der Waals surface area contributed by atoms with Crippen molar-refractivity contribution < 1.29 is 14.3 Å². The van der Waals surface area contributed by atoms with Gasteiger partial charge in [-0.1, -0.05) is 37.3 Å². The summed E-state index contributed by atoms with van der Waals surface area (Å²) in [7, 11) is 0. The topological polar surface area (TPSA) is 51.7 Å². The third-order valence-electron chi connectivity index (χ3n) is 5.80. The summed E-state index contributed by atoms with van der Waals surface area (Å²) >= 11 is 0. The van der Waals surface area contributed by atoms with E-state index in [1.165, 1.54) is 5.56 Å². The smallest absolute Gasteiger partial charge is 0.232 e. The molecule has 0 unspecified atom stereocenters. The highest BCUT2D eigenvalue weighted by molar-refractivity contribution is 6.15. The van der Waals surface area contributed by atoms with Crippen molar-refractivity contribution in [3.05, 3.63) is 94.0 Å². The molecule has 2 aromatic carbocycles. The van der Waals surface area contributed by atoms with Gasteiger partial charge in [-0.05, 0) is 53.8 Å². The minimum Gasteiger partial charge on any atom is -0.478 e. The number of aromatic nitrogens is 1. The predicted octanol–water partition coefficient (Wildman–Crippen LogP) is 4.92. The number of rotatable bonds is 4. The molecule has 0 spiro atoms. The first-order chi connectivity index (χ1) is 15.1. The van der Waals surface area contributed by atoms with E-state index in [4.69, 9.17) is 9.47 Å². The summed E-state index contributed by atoms with van der Waals surface area (Å²) in [5.74, 6) is 1.71. The Balaban J connectivity index is 1.45. The first-order valence-corrected chi connectivity index (χ1v) is 10.6. The summed E-state index contributed by atoms with van der Waals surface area (Å²) in [5.41, 5.74) is 5.78. The van der Waals surface area contributed by atoms with Crippen LogP contribution in [0.5, 0.6) is 11.5 Å². The van der Waals surface area contributed by atoms with E-state index in [1.807, 2.05) is 49.5 Å². The molecule has 1 aromatic heterocycles. The molecule has 0 saturated carbocycles. The molecule has 2 aliphatic heterocycles. The van der Waals surface area contributed by atoms with E-state index < -0.39 is 0 Å². The quantitative estimate of drug-likeness (QED) is 0.569. The van der Waals surface area contributed by atoms with Gasteiger partial charge in [0.1, 0.15) is 18.2 Å². The highest BCUT2D eigenvalue weighted by atomic mass is 16.5. The Morgan fingerprint density at radius 1 is 1.16 bits per heavy atom. The van der Waals surface area contributed by atoms with E-state index in [-0.39, 0.29) is 5.78 Å². The summed E-state index contributed by atoms with van der Waals surface area (Å²) in [4.78, 5) is 19.5. The predicted molar refractivity (Wildman–Crippen MR) is 119 cm³/mol. The van der Waals surface area contributed by atoms with Crippen molar-refractivity contribution in [2.24, 2.45) is 0 Å². The molecule has 0 atom stereocenters. The monoisotopic (exact) mass is 412 g/mol. The molecule has 5 rings (SSSR count). The van der Waals surface area contributed by atoms with Crippen molar-refractivity contribution in [2.45, 2.75) is 33.4 Å². The molecule has 0 amide bonds. The first kappa shape index (κ1) is 19.5. The van der Waals surface area contributed by atoms with Crippen LogP contribution < -0.4 is 9.47 Å². The van der Waals surface area contributed by atoms with Crippen LogP contribution >= 0.6 is 0 Å². The molecule has 31 heavy (non-hydrogen) atoms. The van der Waals surface area contributed by atoms with Gasteiger partial charge >= 0.3 is 0 Å². The lowest BCUT2D eigenvalue weighted by molar-refractivity contribution is 0.0871. The number of allylic oxidation sites excluding steroid dienone is 1. The Kier molecular flexibility index (Phi) is 5.04. The Morgan fingerprint density at radius 2 is 2.00 bits per heavy atom. The van der Waals surface area contributed by atoms with Crippen LogP contribution in [0.15, 0.2) is 60.6 Å². The van der Waals surface area contributed by atoms with Crippen LogP contribution in [0.3, 0.4) is 0 Å². The van der Waals surface area contributed by atoms with Crippen LogP contribution in [0.1, 0.15) is 45.1 Å². The number of fused-ring (bicyclic) bond motifs is 3. The second-order valence-corrected chi connectivity index (χ2v) is 8.03. The third-order valence-corrected chi connectivity index (χ3v) is 5.80. The molecule has 0 bridgehead atoms. The van der Waals surface area contributed by atoms with Crippen molar-refractivity contribution in [3.63, 3.8) is 0 Å². The number of hydrogen-bond acceptors (Lipinski definition) is 5. The molecule has 0 aliphatic carbocycles. The van der Waals surface area contributed by atoms with E-state index in [0.717, 1.165) is 41.0 Å². The molecule has 2 aliphatic rings. The van der Waals surface area contributed by atoms with Crippen LogP contribution in [0.25, 0.3) is 6.08 Å². The summed E-state index contributed by atoms with van der Waals surface area (Å²) in [6.07, 6.45) is 6.44. The van der Waals surface area contributed by atoms with Gasteiger partial charge in [-0.3, -0.25) is 14.7 Å². The van der Waals surface area contributed by atoms with Crippen molar-refractivity contribution in [3.8, 4) is 11.5 Å². The zero-order valence-corrected chi connectivity index (χ0v) is 17.7. The average molecular weight is 412 g/mol. The standard InChI is InChI=1S/C26H24N2O3/c1-3-18-6-8-19(9-7-18)12-23-25(29)24-17(2)11-22-21(26(24)31-23)15-28(16-30-22)14-20-5-4-10-27-13-20/h4-13H,3,14-16H2,1-2H3/b23-12-. The lowest BCUT2D eigenvalue weighted by Gasteiger charge is -2.30. The summed E-state index contributed by atoms with van der Waals surface area (Å²) in [5, 5.41) is 0. The fourth-order valence-corrected chi connectivity index (χ4v) is 4.13. The Morgan fingerprint density at radius 3 is 2.74 bits per heavy atom. The molecule has 0 N–H and O–H groups in total. The van der Waals surface area contributed by atoms with Crippen LogP contribution in [0.2, 0.25) is 0 Å². The van der Waals surface area contributed by atoms with Gasteiger partial charge < -0.3 is 9.47 Å². The lowest BCUT2D eigenvalue weighted by atomic mass is 9.98. The molecule has 0 saturated heterocycles. The first-order valence-electron chi connectivity index (χ1n) is 10.6. The molecule has 3 aromatic rings. The number of pyridine rings is 1. The van der Waals surface area contributed by atoms with Gasteiger partial charge in [0.2, 0.25) is 5.78 Å². The Labute approximate surface area is 181 Å². The number of hydrogen-bond donors (Lipinski definition) is 0. The van der Waals surface area contributed by atoms with E-state index in [2.05, 4.69) is 28.9 Å². The van der Waals surface area contributed by atoms with Crippen LogP contribution in [-0.4, -0.2) is 22.4 Å². The summed E-state index contributed by atoms with van der Waals surface area (Å²) in [6, 6.07) is 14.1. The molecule has 3 heterocycles. The molecular weight excluding hydrogens is 388 g/mol. The largest absolute Gasteiger partial charge is 0.478 e. The summed E-state index contributed by atoms with van der Waals surface area (Å²) < 4.78 is 12.2. The van der Waals surface area contributed by atoms with Gasteiger partial charge in [0.05, 0.1) is 11.1 Å². The molecule has 5 heteroatoms. The highest BCUT2D eigenvalue weighted by Gasteiger charge is 2.35. The molecule has 0 fully saturated rings. The maximum absolute atomic E-state index is 13.1. The van der Waals surface area contributed by atoms with Gasteiger partial charge in [-0.25, -0.2) is 0 Å². The fraction of sp³-hybridized carbons (Fsp3) is 0.231. The number of nitrogens with zero attached hydrogens (tertiary/aromatic N) is 2. The number of carbonyl (C=O) groups excluding carboxylic acids is 1. The molecule has 156 valence electrons. The third kappa shape index (κ3) is 3.73. The van der Waals surface area contributed by atoms with E-state index in [1.54, 1.807) is 6.20 Å². The van der Waals surface area contributed by atoms with Crippen LogP contribution in [0.4, 0.5) is 0 Å². The van der Waals surface area contributed by atoms with E-state index in [9.17, 15) is 4.79 Å². The number of aryl methyl sites for hydroxylation is 2.